The second-order valence-electron chi connectivity index (χ2n) is 6.12. The maximum absolute atomic E-state index is 12.9. The van der Waals surface area contributed by atoms with Gasteiger partial charge in [0.2, 0.25) is 0 Å². The van der Waals surface area contributed by atoms with Gasteiger partial charge in [0.05, 0.1) is 11.4 Å². The minimum absolute atomic E-state index is 0.0907. The van der Waals surface area contributed by atoms with E-state index in [0.29, 0.717) is 16.9 Å². The molecule has 3 rings (SSSR count). The molecular weight excluding hydrogens is 420 g/mol. The summed E-state index contributed by atoms with van der Waals surface area (Å²) in [6, 6.07) is 18.3. The number of carbonyl (C=O) groups is 1. The molecule has 0 bridgehead atoms. The van der Waals surface area contributed by atoms with Crippen molar-refractivity contribution >= 4 is 33.6 Å². The van der Waals surface area contributed by atoms with E-state index in [9.17, 15) is 14.9 Å². The van der Waals surface area contributed by atoms with Gasteiger partial charge in [-0.25, -0.2) is 4.68 Å². The fourth-order valence-electron chi connectivity index (χ4n) is 2.80. The van der Waals surface area contributed by atoms with Crippen molar-refractivity contribution in [3.8, 4) is 11.8 Å². The molecule has 3 aromatic rings. The highest BCUT2D eigenvalue weighted by Gasteiger charge is 2.19. The number of anilines is 1. The van der Waals surface area contributed by atoms with Crippen LogP contribution in [0.2, 0.25) is 0 Å². The van der Waals surface area contributed by atoms with E-state index >= 15 is 0 Å². The molecule has 1 aromatic heterocycles. The third-order valence-electron chi connectivity index (χ3n) is 4.32. The number of para-hydroxylation sites is 1. The number of hydrogen-bond donors (Lipinski definition) is 1. The monoisotopic (exact) mass is 436 g/mol. The van der Waals surface area contributed by atoms with Crippen molar-refractivity contribution in [2.45, 2.75) is 6.92 Å². The molecule has 0 radical (unpaired) electrons. The van der Waals surface area contributed by atoms with Crippen LogP contribution in [0.5, 0.6) is 0 Å². The summed E-state index contributed by atoms with van der Waals surface area (Å²) < 4.78 is 3.97. The predicted octanol–water partition coefficient (Wildman–Crippen LogP) is 3.79. The van der Waals surface area contributed by atoms with Crippen LogP contribution in [0.15, 0.2) is 69.4 Å². The van der Waals surface area contributed by atoms with Crippen LogP contribution in [0, 0.1) is 18.3 Å². The Morgan fingerprint density at radius 3 is 2.54 bits per heavy atom. The first-order valence-electron chi connectivity index (χ1n) is 8.45. The molecule has 0 saturated carbocycles. The van der Waals surface area contributed by atoms with Crippen LogP contribution in [0.3, 0.4) is 0 Å². The van der Waals surface area contributed by atoms with Gasteiger partial charge in [0.1, 0.15) is 17.3 Å². The first-order valence-corrected chi connectivity index (χ1v) is 9.24. The molecule has 28 heavy (non-hydrogen) atoms. The zero-order chi connectivity index (χ0) is 20.3. The summed E-state index contributed by atoms with van der Waals surface area (Å²) in [6.45, 7) is 1.74. The molecule has 0 spiro atoms. The Hall–Kier alpha value is -3.37. The van der Waals surface area contributed by atoms with Gasteiger partial charge in [-0.1, -0.05) is 46.3 Å². The summed E-state index contributed by atoms with van der Waals surface area (Å²) in [5.74, 6) is -0.631. The Balaban J connectivity index is 1.96. The molecule has 2 aromatic carbocycles. The largest absolute Gasteiger partial charge is 0.315 e. The third-order valence-corrected chi connectivity index (χ3v) is 4.81. The maximum Gasteiger partial charge on any atom is 0.295 e. The van der Waals surface area contributed by atoms with Gasteiger partial charge in [0, 0.05) is 11.5 Å². The van der Waals surface area contributed by atoms with E-state index in [4.69, 9.17) is 0 Å². The molecular formula is C21H17BrN4O2. The van der Waals surface area contributed by atoms with Crippen LogP contribution in [-0.4, -0.2) is 15.3 Å². The number of nitrogens with zero attached hydrogens (tertiary/aromatic N) is 3. The summed E-state index contributed by atoms with van der Waals surface area (Å²) in [6.07, 6.45) is 1.48. The van der Waals surface area contributed by atoms with Crippen molar-refractivity contribution in [2.24, 2.45) is 7.05 Å². The molecule has 0 fully saturated rings. The molecule has 6 nitrogen and oxygen atoms in total. The fraction of sp³-hybridized carbons (Fsp3) is 0.0952. The van der Waals surface area contributed by atoms with Gasteiger partial charge in [0.25, 0.3) is 11.5 Å². The van der Waals surface area contributed by atoms with E-state index in [1.807, 2.05) is 36.4 Å². The van der Waals surface area contributed by atoms with Gasteiger partial charge in [-0.05, 0) is 42.8 Å². The molecule has 0 atom stereocenters. The summed E-state index contributed by atoms with van der Waals surface area (Å²) in [5, 5.41) is 12.0. The van der Waals surface area contributed by atoms with Crippen molar-refractivity contribution < 1.29 is 4.79 Å². The van der Waals surface area contributed by atoms with Gasteiger partial charge in [0.15, 0.2) is 0 Å². The Kier molecular flexibility index (Phi) is 5.62. The summed E-state index contributed by atoms with van der Waals surface area (Å²) in [7, 11) is 1.74. The Morgan fingerprint density at radius 1 is 1.18 bits per heavy atom. The SMILES string of the molecule is Cc1c(NC(=O)C(C#N)=Cc2cccc(Br)c2)c(=O)n(-c2ccccc2)n1C. The summed E-state index contributed by atoms with van der Waals surface area (Å²) in [5.41, 5.74) is 1.66. The molecule has 0 saturated heterocycles. The Morgan fingerprint density at radius 2 is 1.89 bits per heavy atom. The normalized spacial score (nSPS) is 11.1. The van der Waals surface area contributed by atoms with Gasteiger partial charge >= 0.3 is 0 Å². The van der Waals surface area contributed by atoms with Crippen molar-refractivity contribution in [2.75, 3.05) is 5.32 Å². The van der Waals surface area contributed by atoms with Crippen LogP contribution >= 0.6 is 15.9 Å². The lowest BCUT2D eigenvalue weighted by atomic mass is 10.1. The number of hydrogen-bond acceptors (Lipinski definition) is 3. The van der Waals surface area contributed by atoms with Crippen LogP contribution < -0.4 is 10.9 Å². The standard InChI is InChI=1S/C21H17BrN4O2/c1-14-19(21(28)26(25(14)2)18-9-4-3-5-10-18)24-20(27)16(13-23)11-15-7-6-8-17(22)12-15/h3-12H,1-2H3,(H,24,27). The second kappa shape index (κ2) is 8.11. The number of nitrogens with one attached hydrogen (secondary N) is 1. The number of carbonyl (C=O) groups excluding carboxylic acids is 1. The smallest absolute Gasteiger partial charge is 0.295 e. The van der Waals surface area contributed by atoms with Gasteiger partial charge in [-0.15, -0.1) is 0 Å². The summed E-state index contributed by atoms with van der Waals surface area (Å²) in [4.78, 5) is 25.5. The highest BCUT2D eigenvalue weighted by Crippen LogP contribution is 2.17. The predicted molar refractivity (Wildman–Crippen MR) is 112 cm³/mol. The van der Waals surface area contributed by atoms with Crippen molar-refractivity contribution in [3.05, 3.63) is 86.3 Å². The third kappa shape index (κ3) is 3.82. The average Bonchev–Trinajstić information content (AvgIpc) is 2.90. The minimum atomic E-state index is -0.631. The lowest BCUT2D eigenvalue weighted by molar-refractivity contribution is -0.112. The zero-order valence-corrected chi connectivity index (χ0v) is 16.9. The Bertz CT molecular complexity index is 1170. The lowest BCUT2D eigenvalue weighted by Crippen LogP contribution is -2.23. The molecule has 7 heteroatoms. The van der Waals surface area contributed by atoms with Crippen molar-refractivity contribution in [1.29, 1.82) is 5.26 Å². The Labute approximate surface area is 170 Å². The number of nitriles is 1. The van der Waals surface area contributed by atoms with Crippen molar-refractivity contribution in [3.63, 3.8) is 0 Å². The highest BCUT2D eigenvalue weighted by molar-refractivity contribution is 9.10. The molecule has 1 heterocycles. The van der Waals surface area contributed by atoms with Crippen LogP contribution in [-0.2, 0) is 11.8 Å². The molecule has 0 aliphatic heterocycles. The summed E-state index contributed by atoms with van der Waals surface area (Å²) >= 11 is 3.36. The van der Waals surface area contributed by atoms with Gasteiger partial charge in [-0.2, -0.15) is 5.26 Å². The number of rotatable bonds is 4. The quantitative estimate of drug-likeness (QED) is 0.498. The molecule has 0 aliphatic carbocycles. The van der Waals surface area contributed by atoms with E-state index < -0.39 is 5.91 Å². The van der Waals surface area contributed by atoms with Crippen LogP contribution in [0.1, 0.15) is 11.3 Å². The fourth-order valence-corrected chi connectivity index (χ4v) is 3.22. The first kappa shape index (κ1) is 19.4. The van der Waals surface area contributed by atoms with Gasteiger partial charge in [-0.3, -0.25) is 14.3 Å². The highest BCUT2D eigenvalue weighted by atomic mass is 79.9. The lowest BCUT2D eigenvalue weighted by Gasteiger charge is -2.07. The number of halogens is 1. The molecule has 1 N–H and O–H groups in total. The number of aromatic nitrogens is 2. The van der Waals surface area contributed by atoms with E-state index in [0.717, 1.165) is 4.47 Å². The molecule has 1 amide bonds. The minimum Gasteiger partial charge on any atom is -0.315 e. The van der Waals surface area contributed by atoms with Gasteiger partial charge < -0.3 is 5.32 Å². The molecule has 0 aliphatic rings. The average molecular weight is 437 g/mol. The van der Waals surface area contributed by atoms with E-state index in [-0.39, 0.29) is 16.8 Å². The number of benzene rings is 2. The zero-order valence-electron chi connectivity index (χ0n) is 15.3. The number of amides is 1. The first-order chi connectivity index (χ1) is 13.4. The van der Waals surface area contributed by atoms with Crippen LogP contribution in [0.4, 0.5) is 5.69 Å². The van der Waals surface area contributed by atoms with E-state index in [1.54, 1.807) is 42.9 Å². The topological polar surface area (TPSA) is 79.8 Å². The molecule has 140 valence electrons. The van der Waals surface area contributed by atoms with Crippen LogP contribution in [0.25, 0.3) is 11.8 Å². The van der Waals surface area contributed by atoms with Crippen molar-refractivity contribution in [1.82, 2.24) is 9.36 Å². The van der Waals surface area contributed by atoms with E-state index in [2.05, 4.69) is 21.2 Å². The maximum atomic E-state index is 12.9. The second-order valence-corrected chi connectivity index (χ2v) is 7.03. The molecule has 0 unspecified atom stereocenters. The van der Waals surface area contributed by atoms with E-state index in [1.165, 1.54) is 10.8 Å².